The maximum Gasteiger partial charge on any atom is 0.240 e. The molecule has 0 bridgehead atoms. The van der Waals surface area contributed by atoms with Gasteiger partial charge in [-0.25, -0.2) is 0 Å². The van der Waals surface area contributed by atoms with Crippen LogP contribution in [0.1, 0.15) is 19.1 Å². The van der Waals surface area contributed by atoms with Crippen molar-refractivity contribution in [3.63, 3.8) is 0 Å². The van der Waals surface area contributed by atoms with Crippen molar-refractivity contribution in [1.82, 2.24) is 5.32 Å². The molecule has 1 aromatic heterocycles. The summed E-state index contributed by atoms with van der Waals surface area (Å²) in [6, 6.07) is 15.7. The van der Waals surface area contributed by atoms with Gasteiger partial charge in [-0.2, -0.15) is 5.10 Å². The van der Waals surface area contributed by atoms with Crippen LogP contribution in [0.25, 0.3) is 11.3 Å². The molecule has 1 atom stereocenters. The third kappa shape index (κ3) is 6.66. The smallest absolute Gasteiger partial charge is 0.240 e. The van der Waals surface area contributed by atoms with Gasteiger partial charge in [-0.05, 0) is 61.5 Å². The Balaban J connectivity index is 1.31. The highest BCUT2D eigenvalue weighted by Crippen LogP contribution is 2.29. The highest BCUT2D eigenvalue weighted by molar-refractivity contribution is 8.15. The van der Waals surface area contributed by atoms with E-state index in [9.17, 15) is 9.59 Å². The van der Waals surface area contributed by atoms with Crippen molar-refractivity contribution in [2.45, 2.75) is 18.6 Å². The van der Waals surface area contributed by atoms with Gasteiger partial charge in [0, 0.05) is 17.7 Å². The van der Waals surface area contributed by atoms with E-state index in [-0.39, 0.29) is 18.2 Å². The second-order valence-electron chi connectivity index (χ2n) is 7.29. The fraction of sp³-hybridized carbons (Fsp3) is 0.167. The van der Waals surface area contributed by atoms with E-state index in [4.69, 9.17) is 32.4 Å². The molecule has 1 saturated heterocycles. The van der Waals surface area contributed by atoms with Crippen LogP contribution in [0.3, 0.4) is 0 Å². The van der Waals surface area contributed by atoms with Crippen LogP contribution in [0.5, 0.6) is 5.75 Å². The minimum Gasteiger partial charge on any atom is -0.494 e. The summed E-state index contributed by atoms with van der Waals surface area (Å²) >= 11 is 13.1. The van der Waals surface area contributed by atoms with E-state index < -0.39 is 5.25 Å². The number of amidine groups is 1. The monoisotopic (exact) mass is 530 g/mol. The largest absolute Gasteiger partial charge is 0.494 e. The normalized spacial score (nSPS) is 16.6. The lowest BCUT2D eigenvalue weighted by Crippen LogP contribution is -2.28. The molecule has 2 aromatic carbocycles. The van der Waals surface area contributed by atoms with Crippen molar-refractivity contribution < 1.29 is 18.7 Å². The summed E-state index contributed by atoms with van der Waals surface area (Å²) < 4.78 is 11.1. The highest BCUT2D eigenvalue weighted by Gasteiger charge is 2.32. The second kappa shape index (κ2) is 11.4. The summed E-state index contributed by atoms with van der Waals surface area (Å²) in [6.07, 6.45) is 1.42. The van der Waals surface area contributed by atoms with Crippen LogP contribution in [0.2, 0.25) is 10.0 Å². The number of halogens is 2. The molecule has 1 fully saturated rings. The van der Waals surface area contributed by atoms with E-state index >= 15 is 0 Å². The summed E-state index contributed by atoms with van der Waals surface area (Å²) in [7, 11) is 0. The quantitative estimate of drug-likeness (QED) is 0.291. The topological polar surface area (TPSA) is 105 Å². The minimum atomic E-state index is -0.600. The van der Waals surface area contributed by atoms with E-state index in [1.54, 1.807) is 54.6 Å². The van der Waals surface area contributed by atoms with E-state index in [1.807, 2.05) is 6.92 Å². The molecular formula is C24H20Cl2N4O4S. The first-order valence-electron chi connectivity index (χ1n) is 10.6. The molecule has 2 heterocycles. The molecule has 180 valence electrons. The molecule has 0 saturated carbocycles. The third-order valence-corrected chi connectivity index (χ3v) is 6.57. The zero-order valence-electron chi connectivity index (χ0n) is 18.5. The van der Waals surface area contributed by atoms with Gasteiger partial charge in [-0.3, -0.25) is 9.59 Å². The fourth-order valence-electron chi connectivity index (χ4n) is 3.13. The number of ether oxygens (including phenoxy) is 1. The molecule has 11 heteroatoms. The van der Waals surface area contributed by atoms with Crippen LogP contribution in [0.15, 0.2) is 69.2 Å². The number of anilines is 1. The molecule has 4 rings (SSSR count). The fourth-order valence-corrected chi connectivity index (χ4v) is 4.36. The molecule has 8 nitrogen and oxygen atoms in total. The van der Waals surface area contributed by atoms with Gasteiger partial charge >= 0.3 is 0 Å². The van der Waals surface area contributed by atoms with Gasteiger partial charge in [0.25, 0.3) is 0 Å². The molecule has 0 radical (unpaired) electrons. The number of amides is 2. The first-order valence-corrected chi connectivity index (χ1v) is 12.2. The van der Waals surface area contributed by atoms with Gasteiger partial charge in [0.05, 0.1) is 22.9 Å². The Bertz CT molecular complexity index is 1290. The average Bonchev–Trinajstić information content (AvgIpc) is 3.44. The Morgan fingerprint density at radius 1 is 1.17 bits per heavy atom. The van der Waals surface area contributed by atoms with Gasteiger partial charge in [0.2, 0.25) is 11.8 Å². The maximum absolute atomic E-state index is 12.4. The summed E-state index contributed by atoms with van der Waals surface area (Å²) in [4.78, 5) is 24.6. The lowest BCUT2D eigenvalue weighted by Gasteiger charge is -2.08. The van der Waals surface area contributed by atoms with Crippen LogP contribution < -0.4 is 15.4 Å². The Morgan fingerprint density at radius 2 is 1.97 bits per heavy atom. The highest BCUT2D eigenvalue weighted by atomic mass is 35.5. The Morgan fingerprint density at radius 3 is 2.71 bits per heavy atom. The number of nitrogens with zero attached hydrogens (tertiary/aromatic N) is 2. The number of furan rings is 1. The van der Waals surface area contributed by atoms with Gasteiger partial charge in [-0.15, -0.1) is 5.10 Å². The van der Waals surface area contributed by atoms with Crippen LogP contribution in [0.4, 0.5) is 5.69 Å². The zero-order valence-corrected chi connectivity index (χ0v) is 20.8. The molecule has 2 amide bonds. The van der Waals surface area contributed by atoms with Crippen molar-refractivity contribution >= 4 is 63.8 Å². The van der Waals surface area contributed by atoms with Gasteiger partial charge in [-0.1, -0.05) is 35.0 Å². The van der Waals surface area contributed by atoms with Crippen LogP contribution in [-0.4, -0.2) is 35.1 Å². The first kappa shape index (κ1) is 24.8. The van der Waals surface area contributed by atoms with E-state index in [2.05, 4.69) is 20.8 Å². The lowest BCUT2D eigenvalue weighted by molar-refractivity contribution is -0.122. The molecule has 1 aliphatic heterocycles. The number of benzene rings is 2. The Kier molecular flexibility index (Phi) is 8.12. The van der Waals surface area contributed by atoms with Crippen molar-refractivity contribution in [2.24, 2.45) is 10.2 Å². The van der Waals surface area contributed by atoms with Crippen LogP contribution in [-0.2, 0) is 9.59 Å². The summed E-state index contributed by atoms with van der Waals surface area (Å²) in [6.45, 7) is 2.46. The number of rotatable bonds is 8. The molecule has 3 aromatic rings. The Labute approximate surface area is 215 Å². The van der Waals surface area contributed by atoms with Crippen molar-refractivity contribution in [3.05, 3.63) is 70.4 Å². The first-order chi connectivity index (χ1) is 16.9. The summed E-state index contributed by atoms with van der Waals surface area (Å²) in [5.41, 5.74) is 1.40. The molecule has 1 aliphatic rings. The van der Waals surface area contributed by atoms with Gasteiger partial charge in [0.1, 0.15) is 22.5 Å². The van der Waals surface area contributed by atoms with Crippen molar-refractivity contribution in [2.75, 3.05) is 11.9 Å². The minimum absolute atomic E-state index is 0.00234. The molecule has 0 spiro atoms. The van der Waals surface area contributed by atoms with Gasteiger partial charge in [0.15, 0.2) is 5.17 Å². The predicted molar refractivity (Wildman–Crippen MR) is 140 cm³/mol. The standard InChI is InChI=1S/C24H20Cl2N4O4S/c1-2-33-16-6-4-15(5-7-16)28-22(31)12-21-23(32)29-24(35-21)30-27-13-17-8-10-20(34-17)14-3-9-18(25)19(26)11-14/h3-11,13,21H,2,12H2,1H3,(H,28,31)(H,29,30,32)/b27-13+. The van der Waals surface area contributed by atoms with Gasteiger partial charge < -0.3 is 19.8 Å². The number of nitrogens with one attached hydrogen (secondary N) is 2. The number of carbonyl (C=O) groups excluding carboxylic acids is 2. The second-order valence-corrected chi connectivity index (χ2v) is 9.29. The van der Waals surface area contributed by atoms with Crippen molar-refractivity contribution in [3.8, 4) is 17.1 Å². The zero-order chi connectivity index (χ0) is 24.8. The van der Waals surface area contributed by atoms with E-state index in [1.165, 1.54) is 6.21 Å². The lowest BCUT2D eigenvalue weighted by atomic mass is 10.2. The van der Waals surface area contributed by atoms with Crippen molar-refractivity contribution in [1.29, 1.82) is 0 Å². The number of thioether (sulfide) groups is 1. The predicted octanol–water partition coefficient (Wildman–Crippen LogP) is 5.60. The molecule has 35 heavy (non-hydrogen) atoms. The third-order valence-electron chi connectivity index (χ3n) is 4.76. The Hall–Kier alpha value is -3.27. The van der Waals surface area contributed by atoms with E-state index in [0.29, 0.717) is 39.0 Å². The average molecular weight is 531 g/mol. The van der Waals surface area contributed by atoms with Crippen LogP contribution in [0, 0.1) is 0 Å². The number of hydrogen-bond acceptors (Lipinski definition) is 7. The number of carbonyl (C=O) groups is 2. The summed E-state index contributed by atoms with van der Waals surface area (Å²) in [5.74, 6) is 1.20. The summed E-state index contributed by atoms with van der Waals surface area (Å²) in [5, 5.41) is 14.0. The number of hydrogen-bond donors (Lipinski definition) is 2. The molecule has 2 N–H and O–H groups in total. The maximum atomic E-state index is 12.4. The molecular weight excluding hydrogens is 511 g/mol. The SMILES string of the molecule is CCOc1ccc(NC(=O)CC2S/C(=N\N=C\c3ccc(-c4ccc(Cl)c(Cl)c4)o3)NC2=O)cc1. The van der Waals surface area contributed by atoms with E-state index in [0.717, 1.165) is 23.1 Å². The van der Waals surface area contributed by atoms with Crippen LogP contribution >= 0.6 is 35.0 Å². The molecule has 0 aliphatic carbocycles. The molecule has 1 unspecified atom stereocenters.